The van der Waals surface area contributed by atoms with Gasteiger partial charge in [-0.3, -0.25) is 4.79 Å². The number of carbonyl (C=O) groups excluding carboxylic acids is 1. The normalized spacial score (nSPS) is 11.2. The summed E-state index contributed by atoms with van der Waals surface area (Å²) in [4.78, 5) is 12.2. The third-order valence-corrected chi connectivity index (χ3v) is 6.22. The molecule has 0 atom stereocenters. The van der Waals surface area contributed by atoms with Gasteiger partial charge in [0, 0.05) is 15.7 Å². The highest BCUT2D eigenvalue weighted by atomic mass is 79.9. The van der Waals surface area contributed by atoms with Crippen LogP contribution in [0.1, 0.15) is 12.5 Å². The van der Waals surface area contributed by atoms with E-state index >= 15 is 0 Å². The van der Waals surface area contributed by atoms with Crippen molar-refractivity contribution < 1.29 is 13.2 Å². The lowest BCUT2D eigenvalue weighted by Gasteiger charge is -2.07. The SMILES string of the molecule is CCS(=O)(=O)c1ccc(-c2ccc(NC(=O)Cc3ccc(Br)cc3)cc2)nn1. The predicted octanol–water partition coefficient (Wildman–Crippen LogP) is 3.88. The van der Waals surface area contributed by atoms with E-state index in [1.54, 1.807) is 37.3 Å². The molecular weight excluding hydrogens is 442 g/mol. The molecule has 1 N–H and O–H groups in total. The molecule has 28 heavy (non-hydrogen) atoms. The summed E-state index contributed by atoms with van der Waals surface area (Å²) in [6, 6.07) is 17.8. The lowest BCUT2D eigenvalue weighted by Crippen LogP contribution is -2.14. The van der Waals surface area contributed by atoms with E-state index in [9.17, 15) is 13.2 Å². The highest BCUT2D eigenvalue weighted by molar-refractivity contribution is 9.10. The molecule has 0 aliphatic carbocycles. The van der Waals surface area contributed by atoms with Crippen LogP contribution < -0.4 is 5.32 Å². The van der Waals surface area contributed by atoms with Gasteiger partial charge in [-0.1, -0.05) is 47.1 Å². The molecule has 6 nitrogen and oxygen atoms in total. The summed E-state index contributed by atoms with van der Waals surface area (Å²) in [6.45, 7) is 1.56. The van der Waals surface area contributed by atoms with Crippen molar-refractivity contribution in [2.45, 2.75) is 18.4 Å². The van der Waals surface area contributed by atoms with Crippen molar-refractivity contribution in [3.05, 3.63) is 70.7 Å². The number of sulfone groups is 1. The molecule has 0 saturated carbocycles. The van der Waals surface area contributed by atoms with E-state index in [1.807, 2.05) is 24.3 Å². The highest BCUT2D eigenvalue weighted by Gasteiger charge is 2.14. The Morgan fingerprint density at radius 1 is 0.964 bits per heavy atom. The van der Waals surface area contributed by atoms with Gasteiger partial charge in [-0.25, -0.2) is 8.42 Å². The molecule has 8 heteroatoms. The fraction of sp³-hybridized carbons (Fsp3) is 0.150. The molecule has 3 aromatic rings. The van der Waals surface area contributed by atoms with Crippen molar-refractivity contribution in [1.82, 2.24) is 10.2 Å². The Balaban J connectivity index is 1.66. The first-order valence-corrected chi connectivity index (χ1v) is 11.0. The van der Waals surface area contributed by atoms with E-state index in [-0.39, 0.29) is 23.1 Å². The van der Waals surface area contributed by atoms with Crippen molar-refractivity contribution in [2.24, 2.45) is 0 Å². The fourth-order valence-corrected chi connectivity index (χ4v) is 3.51. The maximum Gasteiger partial charge on any atom is 0.228 e. The third-order valence-electron chi connectivity index (χ3n) is 4.08. The first kappa shape index (κ1) is 20.2. The summed E-state index contributed by atoms with van der Waals surface area (Å²) in [5.74, 6) is -0.126. The van der Waals surface area contributed by atoms with Gasteiger partial charge in [0.05, 0.1) is 17.9 Å². The smallest absolute Gasteiger partial charge is 0.228 e. The molecule has 2 aromatic carbocycles. The lowest BCUT2D eigenvalue weighted by molar-refractivity contribution is -0.115. The Labute approximate surface area is 172 Å². The van der Waals surface area contributed by atoms with Gasteiger partial charge in [0.1, 0.15) is 0 Å². The molecule has 3 rings (SSSR count). The predicted molar refractivity (Wildman–Crippen MR) is 112 cm³/mol. The van der Waals surface area contributed by atoms with Gasteiger partial charge in [-0.15, -0.1) is 10.2 Å². The summed E-state index contributed by atoms with van der Waals surface area (Å²) in [7, 11) is -3.37. The van der Waals surface area contributed by atoms with Crippen LogP contribution in [0.2, 0.25) is 0 Å². The van der Waals surface area contributed by atoms with Gasteiger partial charge in [-0.05, 0) is 42.0 Å². The number of rotatable bonds is 6. The van der Waals surface area contributed by atoms with Crippen molar-refractivity contribution in [3.63, 3.8) is 0 Å². The molecular formula is C20H18BrN3O3S. The quantitative estimate of drug-likeness (QED) is 0.603. The highest BCUT2D eigenvalue weighted by Crippen LogP contribution is 2.20. The number of anilines is 1. The van der Waals surface area contributed by atoms with Crippen LogP contribution in [0, 0.1) is 0 Å². The summed E-state index contributed by atoms with van der Waals surface area (Å²) in [6.07, 6.45) is 0.286. The zero-order valence-electron chi connectivity index (χ0n) is 15.1. The fourth-order valence-electron chi connectivity index (χ4n) is 2.50. The number of halogens is 1. The van der Waals surface area contributed by atoms with Gasteiger partial charge in [0.2, 0.25) is 5.91 Å². The van der Waals surface area contributed by atoms with E-state index in [1.165, 1.54) is 6.07 Å². The second-order valence-electron chi connectivity index (χ2n) is 6.09. The van der Waals surface area contributed by atoms with Crippen LogP contribution in [-0.2, 0) is 21.1 Å². The summed E-state index contributed by atoms with van der Waals surface area (Å²) in [5.41, 5.74) is 2.93. The largest absolute Gasteiger partial charge is 0.326 e. The number of carbonyl (C=O) groups is 1. The average Bonchev–Trinajstić information content (AvgIpc) is 2.70. The first-order chi connectivity index (χ1) is 13.4. The number of hydrogen-bond donors (Lipinski definition) is 1. The molecule has 0 spiro atoms. The van der Waals surface area contributed by atoms with Gasteiger partial charge < -0.3 is 5.32 Å². The maximum absolute atomic E-state index is 12.2. The Kier molecular flexibility index (Phi) is 6.21. The number of nitrogens with one attached hydrogen (secondary N) is 1. The molecule has 1 heterocycles. The number of hydrogen-bond acceptors (Lipinski definition) is 5. The van der Waals surface area contributed by atoms with Gasteiger partial charge in [0.15, 0.2) is 14.9 Å². The van der Waals surface area contributed by atoms with Crippen molar-refractivity contribution in [1.29, 1.82) is 0 Å². The topological polar surface area (TPSA) is 89.0 Å². The Hall–Kier alpha value is -2.58. The van der Waals surface area contributed by atoms with E-state index in [4.69, 9.17) is 0 Å². The molecule has 1 amide bonds. The van der Waals surface area contributed by atoms with Crippen LogP contribution in [0.15, 0.2) is 70.2 Å². The van der Waals surface area contributed by atoms with Crippen LogP contribution in [0.25, 0.3) is 11.3 Å². The molecule has 0 bridgehead atoms. The van der Waals surface area contributed by atoms with Crippen molar-refractivity contribution >= 4 is 37.4 Å². The number of amides is 1. The van der Waals surface area contributed by atoms with Crippen LogP contribution in [0.3, 0.4) is 0 Å². The van der Waals surface area contributed by atoms with E-state index in [2.05, 4.69) is 31.4 Å². The van der Waals surface area contributed by atoms with Crippen LogP contribution >= 0.6 is 15.9 Å². The van der Waals surface area contributed by atoms with Crippen molar-refractivity contribution in [3.8, 4) is 11.3 Å². The third kappa shape index (κ3) is 5.02. The van der Waals surface area contributed by atoms with Crippen molar-refractivity contribution in [2.75, 3.05) is 11.1 Å². The van der Waals surface area contributed by atoms with Gasteiger partial charge >= 0.3 is 0 Å². The maximum atomic E-state index is 12.2. The van der Waals surface area contributed by atoms with Crippen LogP contribution in [0.4, 0.5) is 5.69 Å². The minimum atomic E-state index is -3.37. The van der Waals surface area contributed by atoms with Crippen LogP contribution in [-0.4, -0.2) is 30.3 Å². The van der Waals surface area contributed by atoms with Gasteiger partial charge in [-0.2, -0.15) is 0 Å². The monoisotopic (exact) mass is 459 g/mol. The standard InChI is InChI=1S/C20H18BrN3O3S/c1-2-28(26,27)20-12-11-18(23-24-20)15-5-9-17(10-6-15)22-19(25)13-14-3-7-16(21)8-4-14/h3-12H,2,13H2,1H3,(H,22,25). The minimum absolute atomic E-state index is 0.0182. The zero-order valence-corrected chi connectivity index (χ0v) is 17.5. The number of nitrogens with zero attached hydrogens (tertiary/aromatic N) is 2. The minimum Gasteiger partial charge on any atom is -0.326 e. The van der Waals surface area contributed by atoms with E-state index in [0.29, 0.717) is 11.4 Å². The molecule has 0 fully saturated rings. The number of aromatic nitrogens is 2. The second kappa shape index (κ2) is 8.62. The summed E-state index contributed by atoms with van der Waals surface area (Å²) >= 11 is 3.37. The number of benzene rings is 2. The molecule has 144 valence electrons. The molecule has 0 aliphatic rings. The molecule has 0 unspecified atom stereocenters. The summed E-state index contributed by atoms with van der Waals surface area (Å²) in [5, 5.41) is 10.6. The van der Waals surface area contributed by atoms with Gasteiger partial charge in [0.25, 0.3) is 0 Å². The second-order valence-corrected chi connectivity index (χ2v) is 9.23. The Morgan fingerprint density at radius 2 is 1.64 bits per heavy atom. The lowest BCUT2D eigenvalue weighted by atomic mass is 10.1. The molecule has 1 aromatic heterocycles. The Morgan fingerprint density at radius 3 is 2.21 bits per heavy atom. The molecule has 0 aliphatic heterocycles. The van der Waals surface area contributed by atoms with E-state index < -0.39 is 9.84 Å². The average molecular weight is 460 g/mol. The van der Waals surface area contributed by atoms with Crippen LogP contribution in [0.5, 0.6) is 0 Å². The molecule has 0 radical (unpaired) electrons. The zero-order chi connectivity index (χ0) is 20.1. The van der Waals surface area contributed by atoms with E-state index in [0.717, 1.165) is 15.6 Å². The first-order valence-electron chi connectivity index (χ1n) is 8.58. The Bertz CT molecular complexity index is 1070. The molecule has 0 saturated heterocycles. The summed E-state index contributed by atoms with van der Waals surface area (Å²) < 4.78 is 24.6.